The summed E-state index contributed by atoms with van der Waals surface area (Å²) < 4.78 is 0.802. The van der Waals surface area contributed by atoms with Crippen molar-refractivity contribution in [2.24, 2.45) is 0 Å². The molecule has 0 N–H and O–H groups in total. The molecule has 1 aromatic carbocycles. The van der Waals surface area contributed by atoms with E-state index in [1.165, 1.54) is 11.8 Å². The van der Waals surface area contributed by atoms with Crippen molar-refractivity contribution in [3.05, 3.63) is 35.9 Å². The SMILES string of the molecule is CSC(=S)C(c1ccccc1)N(C)C=O. The van der Waals surface area contributed by atoms with Gasteiger partial charge in [0.1, 0.15) is 0 Å². The van der Waals surface area contributed by atoms with Gasteiger partial charge < -0.3 is 4.90 Å². The molecule has 0 saturated heterocycles. The first-order valence-corrected chi connectivity index (χ1v) is 6.14. The molecule has 4 heteroatoms. The molecule has 1 amide bonds. The second-order valence-electron chi connectivity index (χ2n) is 3.11. The highest BCUT2D eigenvalue weighted by atomic mass is 32.2. The van der Waals surface area contributed by atoms with Gasteiger partial charge in [-0.15, -0.1) is 11.8 Å². The van der Waals surface area contributed by atoms with Crippen LogP contribution in [0.2, 0.25) is 0 Å². The van der Waals surface area contributed by atoms with E-state index in [0.29, 0.717) is 0 Å². The molecule has 0 aliphatic rings. The number of amides is 1. The average Bonchev–Trinajstić information content (AvgIpc) is 2.30. The summed E-state index contributed by atoms with van der Waals surface area (Å²) >= 11 is 6.77. The summed E-state index contributed by atoms with van der Waals surface area (Å²) in [6.45, 7) is 0. The van der Waals surface area contributed by atoms with E-state index in [0.717, 1.165) is 16.2 Å². The summed E-state index contributed by atoms with van der Waals surface area (Å²) in [7, 11) is 1.74. The van der Waals surface area contributed by atoms with Crippen LogP contribution in [0.3, 0.4) is 0 Å². The third-order valence-electron chi connectivity index (χ3n) is 2.11. The Hall–Kier alpha value is -0.870. The Kier molecular flexibility index (Phi) is 4.78. The lowest BCUT2D eigenvalue weighted by molar-refractivity contribution is -0.117. The van der Waals surface area contributed by atoms with E-state index in [1.54, 1.807) is 11.9 Å². The summed E-state index contributed by atoms with van der Waals surface area (Å²) in [6, 6.07) is 9.69. The summed E-state index contributed by atoms with van der Waals surface area (Å²) in [4.78, 5) is 12.4. The first-order valence-electron chi connectivity index (χ1n) is 4.50. The Bertz CT molecular complexity index is 340. The van der Waals surface area contributed by atoms with E-state index in [9.17, 15) is 4.79 Å². The summed E-state index contributed by atoms with van der Waals surface area (Å²) in [6.07, 6.45) is 2.73. The maximum Gasteiger partial charge on any atom is 0.210 e. The first kappa shape index (κ1) is 12.2. The smallest absolute Gasteiger partial charge is 0.210 e. The molecule has 0 bridgehead atoms. The lowest BCUT2D eigenvalue weighted by Crippen LogP contribution is -2.27. The minimum atomic E-state index is -0.117. The zero-order valence-electron chi connectivity index (χ0n) is 8.71. The Morgan fingerprint density at radius 2 is 2.07 bits per heavy atom. The van der Waals surface area contributed by atoms with Crippen molar-refractivity contribution in [2.45, 2.75) is 6.04 Å². The Labute approximate surface area is 99.7 Å². The van der Waals surface area contributed by atoms with Crippen LogP contribution in [-0.4, -0.2) is 28.8 Å². The fourth-order valence-corrected chi connectivity index (χ4v) is 2.17. The molecule has 1 aromatic rings. The van der Waals surface area contributed by atoms with Crippen molar-refractivity contribution >= 4 is 34.6 Å². The van der Waals surface area contributed by atoms with Crippen molar-refractivity contribution in [3.63, 3.8) is 0 Å². The molecule has 0 aliphatic carbocycles. The fraction of sp³-hybridized carbons (Fsp3) is 0.273. The molecule has 0 fully saturated rings. The van der Waals surface area contributed by atoms with Gasteiger partial charge in [-0.25, -0.2) is 0 Å². The van der Waals surface area contributed by atoms with E-state index in [-0.39, 0.29) is 6.04 Å². The Balaban J connectivity index is 3.01. The molecule has 0 aliphatic heterocycles. The van der Waals surface area contributed by atoms with E-state index >= 15 is 0 Å². The molecule has 15 heavy (non-hydrogen) atoms. The van der Waals surface area contributed by atoms with Crippen LogP contribution in [0, 0.1) is 0 Å². The molecule has 1 unspecified atom stereocenters. The quantitative estimate of drug-likeness (QED) is 0.595. The van der Waals surface area contributed by atoms with Crippen LogP contribution in [-0.2, 0) is 4.79 Å². The second kappa shape index (κ2) is 5.88. The van der Waals surface area contributed by atoms with Crippen LogP contribution in [0.5, 0.6) is 0 Å². The maximum absolute atomic E-state index is 10.8. The Morgan fingerprint density at radius 3 is 2.53 bits per heavy atom. The van der Waals surface area contributed by atoms with E-state index < -0.39 is 0 Å². The molecule has 0 heterocycles. The Morgan fingerprint density at radius 1 is 1.47 bits per heavy atom. The normalized spacial score (nSPS) is 11.9. The van der Waals surface area contributed by atoms with Gasteiger partial charge in [-0.1, -0.05) is 42.5 Å². The average molecular weight is 239 g/mol. The van der Waals surface area contributed by atoms with Gasteiger partial charge in [0.15, 0.2) is 0 Å². The third-order valence-corrected chi connectivity index (χ3v) is 3.46. The van der Waals surface area contributed by atoms with Gasteiger partial charge in [0, 0.05) is 7.05 Å². The summed E-state index contributed by atoms with van der Waals surface area (Å²) in [5, 5.41) is 0. The number of thioether (sulfide) groups is 1. The largest absolute Gasteiger partial charge is 0.336 e. The van der Waals surface area contributed by atoms with Gasteiger partial charge in [-0.05, 0) is 11.8 Å². The van der Waals surface area contributed by atoms with Gasteiger partial charge >= 0.3 is 0 Å². The second-order valence-corrected chi connectivity index (χ2v) is 4.65. The number of hydrogen-bond acceptors (Lipinski definition) is 3. The highest BCUT2D eigenvalue weighted by molar-refractivity contribution is 8.22. The van der Waals surface area contributed by atoms with Crippen molar-refractivity contribution in [3.8, 4) is 0 Å². The van der Waals surface area contributed by atoms with Crippen LogP contribution >= 0.6 is 24.0 Å². The molecule has 0 radical (unpaired) electrons. The molecule has 2 nitrogen and oxygen atoms in total. The predicted octanol–water partition coefficient (Wildman–Crippen LogP) is 2.51. The van der Waals surface area contributed by atoms with E-state index in [1.807, 2.05) is 36.6 Å². The lowest BCUT2D eigenvalue weighted by Gasteiger charge is -2.24. The standard InChI is InChI=1S/C11H13NOS2/c1-12(8-13)10(11(14)15-2)9-6-4-3-5-7-9/h3-8,10H,1-2H3. The number of carbonyl (C=O) groups excluding carboxylic acids is 1. The number of rotatable bonds is 4. The van der Waals surface area contributed by atoms with E-state index in [2.05, 4.69) is 0 Å². The predicted molar refractivity (Wildman–Crippen MR) is 69.1 cm³/mol. The number of nitrogens with zero attached hydrogens (tertiary/aromatic N) is 1. The topological polar surface area (TPSA) is 20.3 Å². The summed E-state index contributed by atoms with van der Waals surface area (Å²) in [5.41, 5.74) is 1.05. The maximum atomic E-state index is 10.8. The van der Waals surface area contributed by atoms with Crippen molar-refractivity contribution < 1.29 is 4.79 Å². The minimum absolute atomic E-state index is 0.117. The fourth-order valence-electron chi connectivity index (χ4n) is 1.35. The number of benzene rings is 1. The van der Waals surface area contributed by atoms with E-state index in [4.69, 9.17) is 12.2 Å². The lowest BCUT2D eigenvalue weighted by atomic mass is 10.1. The van der Waals surface area contributed by atoms with Crippen LogP contribution in [0.15, 0.2) is 30.3 Å². The summed E-state index contributed by atoms with van der Waals surface area (Å²) in [5.74, 6) is 0. The molecule has 1 atom stereocenters. The molecule has 0 aromatic heterocycles. The van der Waals surface area contributed by atoms with Crippen molar-refractivity contribution in [1.82, 2.24) is 4.90 Å². The zero-order valence-corrected chi connectivity index (χ0v) is 10.3. The van der Waals surface area contributed by atoms with Gasteiger partial charge in [0.25, 0.3) is 0 Å². The number of hydrogen-bond donors (Lipinski definition) is 0. The molecule has 0 spiro atoms. The molecule has 80 valence electrons. The molecular formula is C11H13NOS2. The number of thiocarbonyl (C=S) groups is 1. The van der Waals surface area contributed by atoms with Gasteiger partial charge in [-0.3, -0.25) is 4.79 Å². The van der Waals surface area contributed by atoms with Crippen LogP contribution in [0.1, 0.15) is 11.6 Å². The third kappa shape index (κ3) is 3.04. The van der Waals surface area contributed by atoms with Crippen LogP contribution < -0.4 is 0 Å². The van der Waals surface area contributed by atoms with Crippen LogP contribution in [0.25, 0.3) is 0 Å². The minimum Gasteiger partial charge on any atom is -0.336 e. The highest BCUT2D eigenvalue weighted by Crippen LogP contribution is 2.24. The van der Waals surface area contributed by atoms with Crippen LogP contribution in [0.4, 0.5) is 0 Å². The van der Waals surface area contributed by atoms with Crippen molar-refractivity contribution in [1.29, 1.82) is 0 Å². The van der Waals surface area contributed by atoms with Crippen molar-refractivity contribution in [2.75, 3.05) is 13.3 Å². The molecule has 1 rings (SSSR count). The van der Waals surface area contributed by atoms with Gasteiger partial charge in [-0.2, -0.15) is 0 Å². The van der Waals surface area contributed by atoms with Gasteiger partial charge in [0.2, 0.25) is 6.41 Å². The molecule has 0 saturated carbocycles. The molecular weight excluding hydrogens is 226 g/mol. The highest BCUT2D eigenvalue weighted by Gasteiger charge is 2.19. The van der Waals surface area contributed by atoms with Gasteiger partial charge in [0.05, 0.1) is 10.2 Å². The zero-order chi connectivity index (χ0) is 11.3. The monoisotopic (exact) mass is 239 g/mol. The first-order chi connectivity index (χ1) is 7.20. The number of carbonyl (C=O) groups is 1.